The molecule has 4 fully saturated rings. The van der Waals surface area contributed by atoms with Crippen molar-refractivity contribution in [2.24, 2.45) is 33.5 Å². The van der Waals surface area contributed by atoms with E-state index in [-0.39, 0.29) is 33.9 Å². The van der Waals surface area contributed by atoms with Gasteiger partial charge in [-0.15, -0.1) is 0 Å². The zero-order chi connectivity index (χ0) is 17.7. The van der Waals surface area contributed by atoms with E-state index in [0.29, 0.717) is 47.7 Å². The van der Waals surface area contributed by atoms with Crippen molar-refractivity contribution in [2.75, 3.05) is 0 Å². The third-order valence-electron chi connectivity index (χ3n) is 9.75. The van der Waals surface area contributed by atoms with Crippen LogP contribution in [0.25, 0.3) is 0 Å². The molecule has 0 heterocycles. The summed E-state index contributed by atoms with van der Waals surface area (Å²) in [6.07, 6.45) is 4.81. The van der Waals surface area contributed by atoms with Crippen LogP contribution in [0.4, 0.5) is 0 Å². The van der Waals surface area contributed by atoms with Crippen LogP contribution in [-0.2, 0) is 0 Å². The predicted octanol–water partition coefficient (Wildman–Crippen LogP) is 3.52. The van der Waals surface area contributed by atoms with Crippen molar-refractivity contribution >= 4 is 26.3 Å². The maximum atomic E-state index is 11.1. The number of hydrogen-bond donors (Lipinski definition) is 2. The van der Waals surface area contributed by atoms with Gasteiger partial charge in [0, 0.05) is 0 Å². The van der Waals surface area contributed by atoms with Gasteiger partial charge in [0.15, 0.2) is 0 Å². The van der Waals surface area contributed by atoms with Gasteiger partial charge in [-0.05, 0) is 0 Å². The Kier molecular flexibility index (Phi) is 4.02. The summed E-state index contributed by atoms with van der Waals surface area (Å²) in [5, 5.41) is 22.1. The van der Waals surface area contributed by atoms with Crippen molar-refractivity contribution < 1.29 is 10.2 Å². The number of hydrogen-bond acceptors (Lipinski definition) is 2. The summed E-state index contributed by atoms with van der Waals surface area (Å²) in [7, 11) is 0. The Hall–Kier alpha value is 0.959. The van der Waals surface area contributed by atoms with E-state index >= 15 is 0 Å². The Labute approximate surface area is 158 Å². The SMILES string of the molecule is CC1(C)[C@@H]2CC[C@@]1(C)[C@@H](O)[C@H]2[Se][Se][C@H]1[C@H]2CC[C@@](C)([C@H]1O)C2(C)C. The fourth-order valence-electron chi connectivity index (χ4n) is 6.86. The van der Waals surface area contributed by atoms with Gasteiger partial charge >= 0.3 is 159 Å². The molecule has 0 unspecified atom stereocenters. The van der Waals surface area contributed by atoms with Crippen molar-refractivity contribution in [1.82, 2.24) is 0 Å². The third-order valence-corrected chi connectivity index (χ3v) is 19.4. The molecule has 0 aromatic rings. The van der Waals surface area contributed by atoms with Crippen LogP contribution in [0.15, 0.2) is 0 Å². The van der Waals surface area contributed by atoms with Gasteiger partial charge in [-0.2, -0.15) is 0 Å². The molecule has 2 N–H and O–H groups in total. The minimum absolute atomic E-state index is 0.104. The summed E-state index contributed by atoms with van der Waals surface area (Å²) in [5.74, 6) is 1.41. The fraction of sp³-hybridized carbons (Fsp3) is 1.00. The molecular formula is C20H34O2Se2. The minimum atomic E-state index is -0.104. The van der Waals surface area contributed by atoms with Crippen LogP contribution in [0.1, 0.15) is 67.2 Å². The Bertz CT molecular complexity index is 500. The molecule has 4 rings (SSSR count). The molecule has 4 aliphatic rings. The van der Waals surface area contributed by atoms with Gasteiger partial charge in [0.25, 0.3) is 0 Å². The number of aliphatic hydroxyl groups is 2. The van der Waals surface area contributed by atoms with Gasteiger partial charge in [-0.1, -0.05) is 0 Å². The molecule has 4 heteroatoms. The van der Waals surface area contributed by atoms with Crippen molar-refractivity contribution in [1.29, 1.82) is 0 Å². The van der Waals surface area contributed by atoms with Crippen LogP contribution in [0.2, 0.25) is 9.63 Å². The molecule has 4 bridgehead atoms. The molecule has 138 valence electrons. The van der Waals surface area contributed by atoms with Crippen LogP contribution < -0.4 is 0 Å². The molecule has 0 aromatic heterocycles. The average Bonchev–Trinajstić information content (AvgIpc) is 2.97. The summed E-state index contributed by atoms with van der Waals surface area (Å²) in [6.45, 7) is 14.2. The van der Waals surface area contributed by atoms with E-state index in [4.69, 9.17) is 0 Å². The molecule has 4 aliphatic carbocycles. The average molecular weight is 464 g/mol. The third kappa shape index (κ3) is 1.92. The van der Waals surface area contributed by atoms with Crippen molar-refractivity contribution in [3.05, 3.63) is 0 Å². The number of fused-ring (bicyclic) bond motifs is 4. The second-order valence-electron chi connectivity index (χ2n) is 10.6. The standard InChI is InChI=1S/C20H34O2Se2/c1-17(2)11-7-9-19(17,5)15(21)13(11)23-24-14-12-8-10-20(6,16(14)22)18(12,3)4/h11-16,21-22H,7-10H2,1-6H3/t11-,12-,13+,14+,15+,16+,19+,20+/m1/s1. The van der Waals surface area contributed by atoms with Gasteiger partial charge in [0.1, 0.15) is 0 Å². The van der Waals surface area contributed by atoms with Crippen LogP contribution >= 0.6 is 0 Å². The summed E-state index contributed by atoms with van der Waals surface area (Å²) < 4.78 is 0. The van der Waals surface area contributed by atoms with Crippen LogP contribution in [-0.4, -0.2) is 48.7 Å². The zero-order valence-corrected chi connectivity index (χ0v) is 19.4. The number of aliphatic hydroxyl groups excluding tert-OH is 2. The zero-order valence-electron chi connectivity index (χ0n) is 16.0. The fourth-order valence-corrected chi connectivity index (χ4v) is 19.7. The topological polar surface area (TPSA) is 40.5 Å². The molecule has 0 radical (unpaired) electrons. The Balaban J connectivity index is 1.50. The van der Waals surface area contributed by atoms with E-state index in [0.717, 1.165) is 0 Å². The van der Waals surface area contributed by atoms with Gasteiger partial charge in [-0.3, -0.25) is 0 Å². The monoisotopic (exact) mass is 466 g/mol. The van der Waals surface area contributed by atoms with E-state index in [2.05, 4.69) is 41.5 Å². The van der Waals surface area contributed by atoms with Crippen LogP contribution in [0.3, 0.4) is 0 Å². The molecule has 0 spiro atoms. The molecule has 8 atom stereocenters. The quantitative estimate of drug-likeness (QED) is 0.628. The van der Waals surface area contributed by atoms with E-state index in [9.17, 15) is 10.2 Å². The molecule has 0 aromatic carbocycles. The normalized spacial score (nSPS) is 57.0. The Morgan fingerprint density at radius 2 is 1.00 bits per heavy atom. The second-order valence-corrected chi connectivity index (χ2v) is 17.9. The van der Waals surface area contributed by atoms with Gasteiger partial charge < -0.3 is 0 Å². The first-order valence-corrected chi connectivity index (χ1v) is 16.0. The van der Waals surface area contributed by atoms with Crippen molar-refractivity contribution in [2.45, 2.75) is 89.1 Å². The van der Waals surface area contributed by atoms with E-state index in [1.807, 2.05) is 0 Å². The van der Waals surface area contributed by atoms with Gasteiger partial charge in [-0.25, -0.2) is 0 Å². The summed E-state index contributed by atoms with van der Waals surface area (Å²) in [6, 6.07) is 0. The first-order valence-electron chi connectivity index (χ1n) is 9.67. The molecule has 4 saturated carbocycles. The Morgan fingerprint density at radius 1 is 0.667 bits per heavy atom. The summed E-state index contributed by atoms with van der Waals surface area (Å²) in [5.41, 5.74) is 0.818. The van der Waals surface area contributed by atoms with Crippen LogP contribution in [0, 0.1) is 33.5 Å². The molecule has 0 aliphatic heterocycles. The molecule has 24 heavy (non-hydrogen) atoms. The van der Waals surface area contributed by atoms with Crippen molar-refractivity contribution in [3.8, 4) is 0 Å². The molecule has 0 saturated heterocycles. The molecular weight excluding hydrogens is 430 g/mol. The summed E-state index contributed by atoms with van der Waals surface area (Å²) in [4.78, 5) is 1.07. The maximum absolute atomic E-state index is 11.1. The predicted molar refractivity (Wildman–Crippen MR) is 100 cm³/mol. The van der Waals surface area contributed by atoms with Gasteiger partial charge in [0.05, 0.1) is 0 Å². The molecule has 2 nitrogen and oxygen atoms in total. The second kappa shape index (κ2) is 5.27. The van der Waals surface area contributed by atoms with E-state index < -0.39 is 0 Å². The Morgan fingerprint density at radius 3 is 1.25 bits per heavy atom. The van der Waals surface area contributed by atoms with Crippen LogP contribution in [0.5, 0.6) is 0 Å². The molecule has 0 amide bonds. The summed E-state index contributed by atoms with van der Waals surface area (Å²) >= 11 is 1.02. The number of rotatable bonds is 3. The van der Waals surface area contributed by atoms with Gasteiger partial charge in [0.2, 0.25) is 0 Å². The first-order chi connectivity index (χ1) is 11.0. The van der Waals surface area contributed by atoms with Crippen molar-refractivity contribution in [3.63, 3.8) is 0 Å². The van der Waals surface area contributed by atoms with E-state index in [1.54, 1.807) is 0 Å². The van der Waals surface area contributed by atoms with E-state index in [1.165, 1.54) is 25.7 Å². The first kappa shape index (κ1) is 18.3.